The van der Waals surface area contributed by atoms with Crippen molar-refractivity contribution in [1.82, 2.24) is 24.5 Å². The first-order valence-corrected chi connectivity index (χ1v) is 9.27. The third-order valence-electron chi connectivity index (χ3n) is 4.34. The van der Waals surface area contributed by atoms with E-state index in [1.807, 2.05) is 29.6 Å². The van der Waals surface area contributed by atoms with Crippen molar-refractivity contribution < 1.29 is 0 Å². The molecule has 0 atom stereocenters. The molecule has 120 valence electrons. The number of benzene rings is 1. The summed E-state index contributed by atoms with van der Waals surface area (Å²) in [4.78, 5) is 11.9. The molecule has 0 spiro atoms. The first-order chi connectivity index (χ1) is 11.3. The molecule has 1 aliphatic heterocycles. The predicted octanol–water partition coefficient (Wildman–Crippen LogP) is 3.16. The van der Waals surface area contributed by atoms with Crippen LogP contribution >= 0.6 is 11.8 Å². The van der Waals surface area contributed by atoms with Crippen LogP contribution in [0, 0.1) is 6.92 Å². The Balaban J connectivity index is 1.60. The molecule has 6 heteroatoms. The largest absolute Gasteiger partial charge is 0.303 e. The fraction of sp³-hybridized carbons (Fsp3) is 0.471. The molecule has 0 saturated carbocycles. The Morgan fingerprint density at radius 2 is 1.91 bits per heavy atom. The fourth-order valence-electron chi connectivity index (χ4n) is 3.18. The highest BCUT2D eigenvalue weighted by molar-refractivity contribution is 7.99. The third kappa shape index (κ3) is 3.05. The van der Waals surface area contributed by atoms with Gasteiger partial charge in [0, 0.05) is 17.7 Å². The van der Waals surface area contributed by atoms with E-state index in [9.17, 15) is 0 Å². The van der Waals surface area contributed by atoms with Gasteiger partial charge in [-0.1, -0.05) is 30.3 Å². The number of aryl methyl sites for hydroxylation is 1. The maximum Gasteiger partial charge on any atom is 0.191 e. The minimum atomic E-state index is 0.793. The Kier molecular flexibility index (Phi) is 4.18. The molecule has 3 heterocycles. The molecule has 4 rings (SSSR count). The van der Waals surface area contributed by atoms with Gasteiger partial charge in [0.25, 0.3) is 0 Å². The van der Waals surface area contributed by atoms with Gasteiger partial charge in [-0.15, -0.1) is 5.10 Å². The van der Waals surface area contributed by atoms with Crippen molar-refractivity contribution in [2.45, 2.75) is 31.3 Å². The quantitative estimate of drug-likeness (QED) is 0.544. The van der Waals surface area contributed by atoms with Gasteiger partial charge in [0.05, 0.1) is 5.52 Å². The number of likely N-dealkylation sites (tertiary alicyclic amines) is 1. The molecule has 5 nitrogen and oxygen atoms in total. The van der Waals surface area contributed by atoms with E-state index < -0.39 is 0 Å². The van der Waals surface area contributed by atoms with Crippen molar-refractivity contribution >= 4 is 28.3 Å². The van der Waals surface area contributed by atoms with Crippen molar-refractivity contribution in [1.29, 1.82) is 0 Å². The molecule has 3 aromatic rings. The fourth-order valence-corrected chi connectivity index (χ4v) is 4.12. The van der Waals surface area contributed by atoms with Crippen LogP contribution in [0.3, 0.4) is 0 Å². The lowest BCUT2D eigenvalue weighted by Crippen LogP contribution is -2.31. The summed E-state index contributed by atoms with van der Waals surface area (Å²) in [5.41, 5.74) is 1.90. The summed E-state index contributed by atoms with van der Waals surface area (Å²) in [6, 6.07) is 8.16. The molecule has 1 aliphatic rings. The van der Waals surface area contributed by atoms with Crippen LogP contribution in [-0.2, 0) is 0 Å². The summed E-state index contributed by atoms with van der Waals surface area (Å²) in [5, 5.41) is 6.54. The monoisotopic (exact) mass is 327 g/mol. The highest BCUT2D eigenvalue weighted by Crippen LogP contribution is 2.24. The molecule has 23 heavy (non-hydrogen) atoms. The van der Waals surface area contributed by atoms with E-state index in [1.165, 1.54) is 32.4 Å². The number of hydrogen-bond acceptors (Lipinski definition) is 5. The van der Waals surface area contributed by atoms with Gasteiger partial charge in [0.15, 0.2) is 10.8 Å². The lowest BCUT2D eigenvalue weighted by atomic mass is 10.1. The Hall–Kier alpha value is -1.66. The van der Waals surface area contributed by atoms with Crippen LogP contribution in [-0.4, -0.2) is 49.9 Å². The number of para-hydroxylation sites is 1. The van der Waals surface area contributed by atoms with Gasteiger partial charge in [-0.3, -0.25) is 0 Å². The van der Waals surface area contributed by atoms with Crippen molar-refractivity contribution in [2.24, 2.45) is 0 Å². The van der Waals surface area contributed by atoms with E-state index >= 15 is 0 Å². The zero-order valence-electron chi connectivity index (χ0n) is 13.4. The van der Waals surface area contributed by atoms with Crippen molar-refractivity contribution in [2.75, 3.05) is 25.4 Å². The van der Waals surface area contributed by atoms with Gasteiger partial charge in [0.1, 0.15) is 5.82 Å². The van der Waals surface area contributed by atoms with Crippen molar-refractivity contribution in [3.63, 3.8) is 0 Å². The van der Waals surface area contributed by atoms with Crippen LogP contribution in [0.5, 0.6) is 0 Å². The summed E-state index contributed by atoms with van der Waals surface area (Å²) < 4.78 is 1.90. The molecular weight excluding hydrogens is 306 g/mol. The van der Waals surface area contributed by atoms with Gasteiger partial charge in [-0.2, -0.15) is 4.52 Å². The molecule has 1 saturated heterocycles. The number of fused-ring (bicyclic) bond motifs is 3. The van der Waals surface area contributed by atoms with Crippen molar-refractivity contribution in [3.05, 3.63) is 30.1 Å². The van der Waals surface area contributed by atoms with Crippen LogP contribution in [0.2, 0.25) is 0 Å². The summed E-state index contributed by atoms with van der Waals surface area (Å²) in [5.74, 6) is 1.83. The van der Waals surface area contributed by atoms with Gasteiger partial charge in [-0.25, -0.2) is 9.97 Å². The average molecular weight is 327 g/mol. The van der Waals surface area contributed by atoms with E-state index in [2.05, 4.69) is 21.0 Å². The zero-order chi connectivity index (χ0) is 15.6. The van der Waals surface area contributed by atoms with Gasteiger partial charge in [0.2, 0.25) is 0 Å². The average Bonchev–Trinajstić information content (AvgIpc) is 2.98. The van der Waals surface area contributed by atoms with E-state index in [0.717, 1.165) is 39.8 Å². The molecule has 0 radical (unpaired) electrons. The summed E-state index contributed by atoms with van der Waals surface area (Å²) in [7, 11) is 0. The highest BCUT2D eigenvalue weighted by atomic mass is 32.2. The number of nitrogens with zero attached hydrogens (tertiary/aromatic N) is 5. The molecule has 0 unspecified atom stereocenters. The smallest absolute Gasteiger partial charge is 0.191 e. The Labute approximate surface area is 140 Å². The molecule has 1 aromatic carbocycles. The van der Waals surface area contributed by atoms with Gasteiger partial charge >= 0.3 is 0 Å². The first-order valence-electron chi connectivity index (χ1n) is 8.28. The van der Waals surface area contributed by atoms with Crippen LogP contribution in [0.1, 0.15) is 25.1 Å². The molecule has 0 bridgehead atoms. The molecular formula is C17H21N5S. The summed E-state index contributed by atoms with van der Waals surface area (Å²) in [6.07, 6.45) is 4.06. The molecule has 2 aromatic heterocycles. The molecule has 1 fully saturated rings. The standard InChI is InChI=1S/C17H21N5S/c1-13-18-16-14-7-3-4-8-15(14)19-17(22(16)20-13)23-12-11-21-9-5-2-6-10-21/h3-4,7-8H,2,5-6,9-12H2,1H3. The maximum atomic E-state index is 4.80. The van der Waals surface area contributed by atoms with Crippen LogP contribution in [0.15, 0.2) is 29.4 Å². The number of thioether (sulfide) groups is 1. The lowest BCUT2D eigenvalue weighted by Gasteiger charge is -2.25. The Bertz CT molecular complexity index is 822. The topological polar surface area (TPSA) is 46.3 Å². The number of aromatic nitrogens is 4. The minimum Gasteiger partial charge on any atom is -0.303 e. The van der Waals surface area contributed by atoms with Gasteiger partial charge < -0.3 is 4.90 Å². The Morgan fingerprint density at radius 1 is 1.09 bits per heavy atom. The minimum absolute atomic E-state index is 0.793. The second-order valence-electron chi connectivity index (χ2n) is 6.06. The summed E-state index contributed by atoms with van der Waals surface area (Å²) in [6.45, 7) is 5.53. The van der Waals surface area contributed by atoms with Crippen LogP contribution < -0.4 is 0 Å². The lowest BCUT2D eigenvalue weighted by molar-refractivity contribution is 0.242. The highest BCUT2D eigenvalue weighted by Gasteiger charge is 2.14. The first kappa shape index (κ1) is 14.9. The predicted molar refractivity (Wildman–Crippen MR) is 94.0 cm³/mol. The zero-order valence-corrected chi connectivity index (χ0v) is 14.2. The third-order valence-corrected chi connectivity index (χ3v) is 5.25. The second kappa shape index (κ2) is 6.45. The Morgan fingerprint density at radius 3 is 2.78 bits per heavy atom. The van der Waals surface area contributed by atoms with Crippen molar-refractivity contribution in [3.8, 4) is 0 Å². The van der Waals surface area contributed by atoms with E-state index in [0.29, 0.717) is 0 Å². The second-order valence-corrected chi connectivity index (χ2v) is 7.12. The number of rotatable bonds is 4. The number of piperidine rings is 1. The van der Waals surface area contributed by atoms with Gasteiger partial charge in [-0.05, 0) is 45.0 Å². The molecule has 0 amide bonds. The van der Waals surface area contributed by atoms with E-state index in [4.69, 9.17) is 4.98 Å². The molecule has 0 aliphatic carbocycles. The normalized spacial score (nSPS) is 16.4. The van der Waals surface area contributed by atoms with E-state index in [-0.39, 0.29) is 0 Å². The summed E-state index contributed by atoms with van der Waals surface area (Å²) >= 11 is 1.78. The van der Waals surface area contributed by atoms with E-state index in [1.54, 1.807) is 11.8 Å². The molecule has 0 N–H and O–H groups in total. The number of hydrogen-bond donors (Lipinski definition) is 0. The van der Waals surface area contributed by atoms with Crippen LogP contribution in [0.4, 0.5) is 0 Å². The maximum absolute atomic E-state index is 4.80. The van der Waals surface area contributed by atoms with Crippen LogP contribution in [0.25, 0.3) is 16.6 Å². The SMILES string of the molecule is Cc1nc2c3ccccc3nc(SCCN3CCCCC3)n2n1.